The molecule has 0 fully saturated rings. The number of hydrogen-bond donors (Lipinski definition) is 0. The maximum atomic E-state index is 12.6. The largest absolute Gasteiger partial charge is 0.497 e. The van der Waals surface area contributed by atoms with Crippen LogP contribution in [0.4, 0.5) is 0 Å². The highest BCUT2D eigenvalue weighted by Crippen LogP contribution is 2.35. The standard InChI is InChI=1S/C24H20O4/c1-16-6-3-4-8-18(16)15-27-20-10-11-21-22(14-20)28-23(24(21)25)13-17-7-5-9-19(12-17)26-2/h3-14H,15H2,1-2H3/b23-13-. The van der Waals surface area contributed by atoms with E-state index in [4.69, 9.17) is 14.2 Å². The first-order valence-electron chi connectivity index (χ1n) is 9.04. The highest BCUT2D eigenvalue weighted by atomic mass is 16.5. The first-order valence-corrected chi connectivity index (χ1v) is 9.04. The lowest BCUT2D eigenvalue weighted by Gasteiger charge is -2.09. The van der Waals surface area contributed by atoms with Gasteiger partial charge in [0, 0.05) is 6.07 Å². The summed E-state index contributed by atoms with van der Waals surface area (Å²) in [5, 5.41) is 0. The number of carbonyl (C=O) groups is 1. The van der Waals surface area contributed by atoms with Crippen molar-refractivity contribution in [2.45, 2.75) is 13.5 Å². The van der Waals surface area contributed by atoms with Crippen LogP contribution in [0.1, 0.15) is 27.0 Å². The van der Waals surface area contributed by atoms with E-state index in [0.29, 0.717) is 29.4 Å². The number of methoxy groups -OCH3 is 1. The van der Waals surface area contributed by atoms with Gasteiger partial charge in [0.15, 0.2) is 5.76 Å². The zero-order valence-corrected chi connectivity index (χ0v) is 15.8. The van der Waals surface area contributed by atoms with Gasteiger partial charge in [0.25, 0.3) is 0 Å². The molecular weight excluding hydrogens is 352 g/mol. The molecule has 4 heteroatoms. The molecule has 1 aliphatic rings. The van der Waals surface area contributed by atoms with Gasteiger partial charge in [0.2, 0.25) is 5.78 Å². The van der Waals surface area contributed by atoms with Crippen LogP contribution in [-0.4, -0.2) is 12.9 Å². The first kappa shape index (κ1) is 17.9. The van der Waals surface area contributed by atoms with Crippen LogP contribution < -0.4 is 14.2 Å². The van der Waals surface area contributed by atoms with E-state index in [2.05, 4.69) is 13.0 Å². The first-order chi connectivity index (χ1) is 13.6. The Morgan fingerprint density at radius 2 is 1.82 bits per heavy atom. The van der Waals surface area contributed by atoms with Crippen LogP contribution in [0.15, 0.2) is 72.5 Å². The molecule has 0 saturated carbocycles. The third kappa shape index (κ3) is 3.62. The number of Topliss-reactive ketones (excluding diaryl/α,β-unsaturated/α-hetero) is 1. The predicted octanol–water partition coefficient (Wildman–Crippen LogP) is 5.20. The molecule has 0 aliphatic carbocycles. The zero-order chi connectivity index (χ0) is 19.5. The second kappa shape index (κ2) is 7.61. The van der Waals surface area contributed by atoms with Crippen LogP contribution >= 0.6 is 0 Å². The summed E-state index contributed by atoms with van der Waals surface area (Å²) in [6, 6.07) is 20.9. The minimum Gasteiger partial charge on any atom is -0.497 e. The Kier molecular flexibility index (Phi) is 4.85. The van der Waals surface area contributed by atoms with Crippen LogP contribution in [0.5, 0.6) is 17.2 Å². The monoisotopic (exact) mass is 372 g/mol. The fourth-order valence-corrected chi connectivity index (χ4v) is 3.07. The quantitative estimate of drug-likeness (QED) is 0.578. The van der Waals surface area contributed by atoms with E-state index in [9.17, 15) is 4.79 Å². The molecule has 0 N–H and O–H groups in total. The van der Waals surface area contributed by atoms with Crippen molar-refractivity contribution in [3.63, 3.8) is 0 Å². The Labute approximate surface area is 164 Å². The van der Waals surface area contributed by atoms with Crippen LogP contribution in [0.25, 0.3) is 6.08 Å². The second-order valence-electron chi connectivity index (χ2n) is 6.59. The molecule has 0 bridgehead atoms. The lowest BCUT2D eigenvalue weighted by Crippen LogP contribution is -1.98. The molecule has 0 amide bonds. The number of benzene rings is 3. The summed E-state index contributed by atoms with van der Waals surface area (Å²) < 4.78 is 16.9. The lowest BCUT2D eigenvalue weighted by molar-refractivity contribution is 0.101. The minimum absolute atomic E-state index is 0.136. The van der Waals surface area contributed by atoms with Crippen molar-refractivity contribution < 1.29 is 19.0 Å². The van der Waals surface area contributed by atoms with Crippen LogP contribution in [-0.2, 0) is 6.61 Å². The number of hydrogen-bond acceptors (Lipinski definition) is 4. The predicted molar refractivity (Wildman–Crippen MR) is 108 cm³/mol. The number of fused-ring (bicyclic) bond motifs is 1. The van der Waals surface area contributed by atoms with Crippen molar-refractivity contribution in [3.05, 3.63) is 94.7 Å². The number of ether oxygens (including phenoxy) is 3. The number of rotatable bonds is 5. The number of aryl methyl sites for hydroxylation is 1. The van der Waals surface area contributed by atoms with Gasteiger partial charge < -0.3 is 14.2 Å². The van der Waals surface area contributed by atoms with Gasteiger partial charge in [-0.15, -0.1) is 0 Å². The molecular formula is C24H20O4. The van der Waals surface area contributed by atoms with Gasteiger partial charge in [-0.1, -0.05) is 36.4 Å². The molecule has 4 rings (SSSR count). The topological polar surface area (TPSA) is 44.8 Å². The summed E-state index contributed by atoms with van der Waals surface area (Å²) in [4.78, 5) is 12.6. The Morgan fingerprint density at radius 3 is 2.64 bits per heavy atom. The molecule has 140 valence electrons. The molecule has 0 unspecified atom stereocenters. The van der Waals surface area contributed by atoms with Gasteiger partial charge in [-0.3, -0.25) is 4.79 Å². The Bertz CT molecular complexity index is 1070. The Morgan fingerprint density at radius 1 is 0.964 bits per heavy atom. The summed E-state index contributed by atoms with van der Waals surface area (Å²) in [7, 11) is 1.61. The molecule has 0 radical (unpaired) electrons. The molecule has 0 aromatic heterocycles. The van der Waals surface area contributed by atoms with E-state index < -0.39 is 0 Å². The normalized spacial score (nSPS) is 13.9. The second-order valence-corrected chi connectivity index (χ2v) is 6.59. The van der Waals surface area contributed by atoms with Gasteiger partial charge >= 0.3 is 0 Å². The van der Waals surface area contributed by atoms with Crippen LogP contribution in [0.2, 0.25) is 0 Å². The number of allylic oxidation sites excluding steroid dienone is 1. The summed E-state index contributed by atoms with van der Waals surface area (Å²) in [6.45, 7) is 2.52. The molecule has 0 spiro atoms. The Hall–Kier alpha value is -3.53. The van der Waals surface area contributed by atoms with Crippen LogP contribution in [0.3, 0.4) is 0 Å². The smallest absolute Gasteiger partial charge is 0.231 e. The summed E-state index contributed by atoms with van der Waals surface area (Å²) >= 11 is 0. The van der Waals surface area contributed by atoms with E-state index in [1.807, 2.05) is 42.5 Å². The van der Waals surface area contributed by atoms with E-state index in [1.165, 1.54) is 5.56 Å². The molecule has 28 heavy (non-hydrogen) atoms. The minimum atomic E-state index is -0.136. The summed E-state index contributed by atoms with van der Waals surface area (Å²) in [5.41, 5.74) is 3.68. The van der Waals surface area contributed by atoms with E-state index in [-0.39, 0.29) is 5.78 Å². The maximum absolute atomic E-state index is 12.6. The summed E-state index contributed by atoms with van der Waals surface area (Å²) in [6.07, 6.45) is 1.72. The van der Waals surface area contributed by atoms with Gasteiger partial charge in [0.05, 0.1) is 12.7 Å². The molecule has 4 nitrogen and oxygen atoms in total. The summed E-state index contributed by atoms with van der Waals surface area (Å²) in [5.74, 6) is 2.06. The third-order valence-corrected chi connectivity index (χ3v) is 4.69. The third-order valence-electron chi connectivity index (χ3n) is 4.69. The van der Waals surface area contributed by atoms with Crippen molar-refractivity contribution in [3.8, 4) is 17.2 Å². The average Bonchev–Trinajstić information content (AvgIpc) is 3.02. The van der Waals surface area contributed by atoms with E-state index >= 15 is 0 Å². The van der Waals surface area contributed by atoms with E-state index in [0.717, 1.165) is 16.9 Å². The molecule has 3 aromatic rings. The maximum Gasteiger partial charge on any atom is 0.231 e. The fourth-order valence-electron chi connectivity index (χ4n) is 3.07. The molecule has 1 heterocycles. The van der Waals surface area contributed by atoms with Crippen molar-refractivity contribution >= 4 is 11.9 Å². The average molecular weight is 372 g/mol. The van der Waals surface area contributed by atoms with Crippen molar-refractivity contribution in [1.29, 1.82) is 0 Å². The highest BCUT2D eigenvalue weighted by molar-refractivity contribution is 6.14. The van der Waals surface area contributed by atoms with Gasteiger partial charge in [-0.2, -0.15) is 0 Å². The van der Waals surface area contributed by atoms with Gasteiger partial charge in [-0.05, 0) is 54.0 Å². The fraction of sp³-hybridized carbons (Fsp3) is 0.125. The Balaban J connectivity index is 1.52. The SMILES string of the molecule is COc1cccc(/C=C2\Oc3cc(OCc4ccccc4C)ccc3C2=O)c1. The molecule has 1 aliphatic heterocycles. The molecule has 3 aromatic carbocycles. The zero-order valence-electron chi connectivity index (χ0n) is 15.8. The molecule has 0 atom stereocenters. The van der Waals surface area contributed by atoms with Crippen LogP contribution in [0, 0.1) is 6.92 Å². The van der Waals surface area contributed by atoms with Gasteiger partial charge in [0.1, 0.15) is 23.9 Å². The van der Waals surface area contributed by atoms with E-state index in [1.54, 1.807) is 31.4 Å². The number of carbonyl (C=O) groups excluding carboxylic acids is 1. The van der Waals surface area contributed by atoms with Crippen molar-refractivity contribution in [1.82, 2.24) is 0 Å². The number of ketones is 1. The van der Waals surface area contributed by atoms with Crippen molar-refractivity contribution in [2.24, 2.45) is 0 Å². The highest BCUT2D eigenvalue weighted by Gasteiger charge is 2.27. The molecule has 0 saturated heterocycles. The van der Waals surface area contributed by atoms with Crippen molar-refractivity contribution in [2.75, 3.05) is 7.11 Å². The lowest BCUT2D eigenvalue weighted by atomic mass is 10.1. The van der Waals surface area contributed by atoms with Gasteiger partial charge in [-0.25, -0.2) is 0 Å².